The van der Waals surface area contributed by atoms with E-state index in [1.807, 2.05) is 6.07 Å². The van der Waals surface area contributed by atoms with Crippen molar-refractivity contribution in [3.8, 4) is 6.07 Å². The van der Waals surface area contributed by atoms with Gasteiger partial charge in [0.1, 0.15) is 11.5 Å². The van der Waals surface area contributed by atoms with Gasteiger partial charge < -0.3 is 10.0 Å². The molecule has 1 aliphatic carbocycles. The van der Waals surface area contributed by atoms with E-state index in [1.54, 1.807) is 0 Å². The highest BCUT2D eigenvalue weighted by atomic mass is 16.4. The minimum Gasteiger partial charge on any atom is -0.421 e. The van der Waals surface area contributed by atoms with Gasteiger partial charge in [-0.1, -0.05) is 0 Å². The highest BCUT2D eigenvalue weighted by Gasteiger charge is 2.21. The smallest absolute Gasteiger partial charge is 0.421 e. The SMILES string of the molecule is N#CC1=C[C+]=C(B(O)O)C=C1. The second-order valence-electron chi connectivity index (χ2n) is 2.02. The Morgan fingerprint density at radius 3 is 2.55 bits per heavy atom. The number of hydrogen-bond acceptors (Lipinski definition) is 3. The van der Waals surface area contributed by atoms with Gasteiger partial charge in [-0.05, 0) is 0 Å². The topological polar surface area (TPSA) is 64.2 Å². The van der Waals surface area contributed by atoms with E-state index in [2.05, 4.69) is 6.08 Å². The zero-order chi connectivity index (χ0) is 8.27. The van der Waals surface area contributed by atoms with E-state index in [1.165, 1.54) is 18.2 Å². The first kappa shape index (κ1) is 7.71. The summed E-state index contributed by atoms with van der Waals surface area (Å²) in [7, 11) is -1.51. The molecule has 3 nitrogen and oxygen atoms in total. The van der Waals surface area contributed by atoms with E-state index < -0.39 is 7.12 Å². The normalized spacial score (nSPS) is 14.3. The maximum absolute atomic E-state index is 8.63. The lowest BCUT2D eigenvalue weighted by atomic mass is 9.77. The molecule has 11 heavy (non-hydrogen) atoms. The van der Waals surface area contributed by atoms with Crippen LogP contribution in [0.5, 0.6) is 0 Å². The Kier molecular flexibility index (Phi) is 2.20. The minimum atomic E-state index is -1.51. The summed E-state index contributed by atoms with van der Waals surface area (Å²) in [5.74, 6) is 0. The molecule has 0 aromatic heterocycles. The quantitative estimate of drug-likeness (QED) is 0.395. The second-order valence-corrected chi connectivity index (χ2v) is 2.02. The molecule has 1 aliphatic rings. The Labute approximate surface area is 64.7 Å². The molecule has 0 aromatic carbocycles. The van der Waals surface area contributed by atoms with Crippen molar-refractivity contribution in [3.63, 3.8) is 0 Å². The summed E-state index contributed by atoms with van der Waals surface area (Å²) in [5, 5.41) is 25.6. The van der Waals surface area contributed by atoms with E-state index in [0.29, 0.717) is 5.57 Å². The maximum atomic E-state index is 8.63. The third-order valence-electron chi connectivity index (χ3n) is 1.24. The third-order valence-corrected chi connectivity index (χ3v) is 1.24. The predicted molar refractivity (Wildman–Crippen MR) is 39.8 cm³/mol. The van der Waals surface area contributed by atoms with Crippen LogP contribution < -0.4 is 0 Å². The molecule has 0 heterocycles. The summed E-state index contributed by atoms with van der Waals surface area (Å²) >= 11 is 0. The molecule has 0 saturated carbocycles. The van der Waals surface area contributed by atoms with Crippen LogP contribution >= 0.6 is 0 Å². The van der Waals surface area contributed by atoms with Crippen molar-refractivity contribution >= 4 is 7.12 Å². The van der Waals surface area contributed by atoms with Crippen molar-refractivity contribution in [2.45, 2.75) is 0 Å². The van der Waals surface area contributed by atoms with E-state index in [9.17, 15) is 0 Å². The molecule has 0 fully saturated rings. The molecule has 1 rings (SSSR count). The fourth-order valence-corrected chi connectivity index (χ4v) is 0.667. The molecular formula is C7H5BNO2+. The van der Waals surface area contributed by atoms with Crippen molar-refractivity contribution in [2.24, 2.45) is 0 Å². The number of rotatable bonds is 1. The molecule has 0 amide bonds. The third kappa shape index (κ3) is 1.76. The Morgan fingerprint density at radius 1 is 1.45 bits per heavy atom. The van der Waals surface area contributed by atoms with Crippen LogP contribution in [0.3, 0.4) is 0 Å². The molecule has 0 spiro atoms. The molecule has 2 N–H and O–H groups in total. The molecule has 0 aromatic rings. The van der Waals surface area contributed by atoms with Gasteiger partial charge in [0.2, 0.25) is 0 Å². The molecule has 0 aliphatic heterocycles. The lowest BCUT2D eigenvalue weighted by Gasteiger charge is -1.91. The lowest BCUT2D eigenvalue weighted by molar-refractivity contribution is 0.420. The summed E-state index contributed by atoms with van der Waals surface area (Å²) in [4.78, 5) is 0. The second kappa shape index (κ2) is 3.13. The summed E-state index contributed by atoms with van der Waals surface area (Å²) in [6.07, 6.45) is 6.93. The Morgan fingerprint density at radius 2 is 2.18 bits per heavy atom. The zero-order valence-electron chi connectivity index (χ0n) is 5.65. The summed E-state index contributed by atoms with van der Waals surface area (Å²) in [6, 6.07) is 1.90. The van der Waals surface area contributed by atoms with E-state index in [0.717, 1.165) is 0 Å². The van der Waals surface area contributed by atoms with Crippen molar-refractivity contribution < 1.29 is 10.0 Å². The van der Waals surface area contributed by atoms with Gasteiger partial charge in [-0.2, -0.15) is 5.26 Å². The lowest BCUT2D eigenvalue weighted by Crippen LogP contribution is -2.14. The largest absolute Gasteiger partial charge is 0.526 e. The van der Waals surface area contributed by atoms with Crippen molar-refractivity contribution in [1.29, 1.82) is 5.26 Å². The van der Waals surface area contributed by atoms with Gasteiger partial charge in [-0.15, -0.1) is 0 Å². The molecule has 0 atom stereocenters. The van der Waals surface area contributed by atoms with Crippen molar-refractivity contribution in [1.82, 2.24) is 0 Å². The Balaban J connectivity index is 2.83. The molecular weight excluding hydrogens is 141 g/mol. The van der Waals surface area contributed by atoms with Crippen LogP contribution in [0.25, 0.3) is 0 Å². The van der Waals surface area contributed by atoms with Gasteiger partial charge in [0.15, 0.2) is 11.6 Å². The summed E-state index contributed by atoms with van der Waals surface area (Å²) in [5.41, 5.74) is 0.721. The highest BCUT2D eigenvalue weighted by Crippen LogP contribution is 2.08. The molecule has 0 bridgehead atoms. The van der Waals surface area contributed by atoms with Crippen LogP contribution in [0.1, 0.15) is 0 Å². The first-order valence-electron chi connectivity index (χ1n) is 3.02. The van der Waals surface area contributed by atoms with Crippen LogP contribution in [0.4, 0.5) is 0 Å². The number of nitriles is 1. The van der Waals surface area contributed by atoms with Gasteiger partial charge >= 0.3 is 7.12 Å². The number of hydrogen-bond donors (Lipinski definition) is 2. The van der Waals surface area contributed by atoms with Crippen molar-refractivity contribution in [3.05, 3.63) is 35.3 Å². The number of nitrogens with zero attached hydrogens (tertiary/aromatic N) is 1. The van der Waals surface area contributed by atoms with Gasteiger partial charge in [0.05, 0.1) is 6.08 Å². The molecule has 4 heteroatoms. The highest BCUT2D eigenvalue weighted by molar-refractivity contribution is 6.51. The van der Waals surface area contributed by atoms with Crippen LogP contribution in [0.2, 0.25) is 0 Å². The molecule has 0 unspecified atom stereocenters. The Hall–Kier alpha value is -1.40. The fourth-order valence-electron chi connectivity index (χ4n) is 0.667. The van der Waals surface area contributed by atoms with Gasteiger partial charge in [0, 0.05) is 12.2 Å². The van der Waals surface area contributed by atoms with Gasteiger partial charge in [-0.3, -0.25) is 0 Å². The van der Waals surface area contributed by atoms with E-state index >= 15 is 0 Å². The first-order valence-corrected chi connectivity index (χ1v) is 3.02. The monoisotopic (exact) mass is 146 g/mol. The van der Waals surface area contributed by atoms with E-state index in [4.69, 9.17) is 15.3 Å². The average molecular weight is 146 g/mol. The Bertz CT molecular complexity index is 283. The molecule has 52 valence electrons. The zero-order valence-corrected chi connectivity index (χ0v) is 5.65. The standard InChI is InChI=1S/C7H5BNO2/c9-5-6-1-3-7(4-2-6)8(10)11/h1-3,10-11H/q+1. The molecule has 0 saturated heterocycles. The van der Waals surface area contributed by atoms with Crippen LogP contribution in [0, 0.1) is 17.4 Å². The molecule has 0 radical (unpaired) electrons. The fraction of sp³-hybridized carbons (Fsp3) is 0. The van der Waals surface area contributed by atoms with Gasteiger partial charge in [-0.25, -0.2) is 0 Å². The maximum Gasteiger partial charge on any atom is 0.526 e. The number of allylic oxidation sites excluding steroid dienone is 6. The summed E-state index contributed by atoms with van der Waals surface area (Å²) in [6.45, 7) is 0. The summed E-state index contributed by atoms with van der Waals surface area (Å²) < 4.78 is 0. The minimum absolute atomic E-state index is 0.268. The van der Waals surface area contributed by atoms with Crippen LogP contribution in [-0.2, 0) is 0 Å². The predicted octanol–water partition coefficient (Wildman–Crippen LogP) is -0.252. The van der Waals surface area contributed by atoms with Crippen LogP contribution in [0.15, 0.2) is 29.3 Å². The first-order chi connectivity index (χ1) is 5.24. The van der Waals surface area contributed by atoms with Crippen LogP contribution in [-0.4, -0.2) is 17.2 Å². The van der Waals surface area contributed by atoms with E-state index in [-0.39, 0.29) is 5.47 Å². The van der Waals surface area contributed by atoms with Crippen molar-refractivity contribution in [2.75, 3.05) is 0 Å². The van der Waals surface area contributed by atoms with Gasteiger partial charge in [0.25, 0.3) is 0 Å². The average Bonchev–Trinajstić information content (AvgIpc) is 2.05.